The molecule has 2 aromatic rings. The van der Waals surface area contributed by atoms with Gasteiger partial charge in [0.25, 0.3) is 0 Å². The SMILES string of the molecule is CC1CC2CC(C)CC(C(=O)Nc3ccc4ncccc4c3)(C1)C2. The molecule has 2 aliphatic carbocycles. The van der Waals surface area contributed by atoms with E-state index in [0.29, 0.717) is 11.8 Å². The summed E-state index contributed by atoms with van der Waals surface area (Å²) >= 11 is 0. The third kappa shape index (κ3) is 2.81. The molecule has 1 heterocycles. The van der Waals surface area contributed by atoms with Gasteiger partial charge in [-0.3, -0.25) is 9.78 Å². The Balaban J connectivity index is 1.59. The number of carbonyl (C=O) groups excluding carboxylic acids is 1. The number of benzene rings is 1. The molecule has 1 amide bonds. The van der Waals surface area contributed by atoms with Gasteiger partial charge in [0.15, 0.2) is 0 Å². The van der Waals surface area contributed by atoms with Crippen LogP contribution in [0.25, 0.3) is 10.9 Å². The van der Waals surface area contributed by atoms with Crippen molar-refractivity contribution in [3.05, 3.63) is 36.5 Å². The van der Waals surface area contributed by atoms with E-state index in [1.54, 1.807) is 6.20 Å². The summed E-state index contributed by atoms with van der Waals surface area (Å²) < 4.78 is 0. The summed E-state index contributed by atoms with van der Waals surface area (Å²) in [6.45, 7) is 4.62. The lowest BCUT2D eigenvalue weighted by Gasteiger charge is -2.48. The Hall–Kier alpha value is -1.90. The van der Waals surface area contributed by atoms with Gasteiger partial charge < -0.3 is 5.32 Å². The quantitative estimate of drug-likeness (QED) is 0.843. The Bertz CT molecular complexity index is 750. The number of nitrogens with zero attached hydrogens (tertiary/aromatic N) is 1. The van der Waals surface area contributed by atoms with Gasteiger partial charge in [-0.25, -0.2) is 0 Å². The Morgan fingerprint density at radius 2 is 1.88 bits per heavy atom. The van der Waals surface area contributed by atoms with Crippen molar-refractivity contribution in [2.24, 2.45) is 23.2 Å². The minimum absolute atomic E-state index is 0.163. The fraction of sp³-hybridized carbons (Fsp3) is 0.524. The van der Waals surface area contributed by atoms with E-state index in [9.17, 15) is 4.79 Å². The third-order valence-electron chi connectivity index (χ3n) is 5.97. The first kappa shape index (κ1) is 15.6. The molecule has 24 heavy (non-hydrogen) atoms. The second kappa shape index (κ2) is 5.87. The Kier molecular flexibility index (Phi) is 3.82. The molecule has 3 heteroatoms. The maximum atomic E-state index is 13.2. The van der Waals surface area contributed by atoms with Gasteiger partial charge in [-0.2, -0.15) is 0 Å². The molecule has 126 valence electrons. The van der Waals surface area contributed by atoms with Crippen molar-refractivity contribution in [1.82, 2.24) is 4.98 Å². The second-order valence-corrected chi connectivity index (χ2v) is 8.31. The van der Waals surface area contributed by atoms with Crippen LogP contribution in [0.1, 0.15) is 46.0 Å². The lowest BCUT2D eigenvalue weighted by Crippen LogP contribution is -2.47. The molecule has 2 fully saturated rings. The van der Waals surface area contributed by atoms with Crippen molar-refractivity contribution in [3.63, 3.8) is 0 Å². The molecule has 0 radical (unpaired) electrons. The maximum Gasteiger partial charge on any atom is 0.230 e. The average molecular weight is 322 g/mol. The van der Waals surface area contributed by atoms with E-state index in [2.05, 4.69) is 24.1 Å². The van der Waals surface area contributed by atoms with E-state index in [1.165, 1.54) is 12.8 Å². The predicted molar refractivity (Wildman–Crippen MR) is 97.7 cm³/mol. The first-order chi connectivity index (χ1) is 11.5. The van der Waals surface area contributed by atoms with E-state index in [-0.39, 0.29) is 11.3 Å². The number of hydrogen-bond acceptors (Lipinski definition) is 2. The highest BCUT2D eigenvalue weighted by Gasteiger charge is 2.48. The first-order valence-electron chi connectivity index (χ1n) is 9.20. The summed E-state index contributed by atoms with van der Waals surface area (Å²) in [5.74, 6) is 2.27. The van der Waals surface area contributed by atoms with E-state index < -0.39 is 0 Å². The Labute approximate surface area is 143 Å². The van der Waals surface area contributed by atoms with Gasteiger partial charge in [0.05, 0.1) is 10.9 Å². The van der Waals surface area contributed by atoms with Gasteiger partial charge in [0.1, 0.15) is 0 Å². The van der Waals surface area contributed by atoms with Crippen molar-refractivity contribution in [3.8, 4) is 0 Å². The number of rotatable bonds is 2. The van der Waals surface area contributed by atoms with Crippen LogP contribution < -0.4 is 5.32 Å². The van der Waals surface area contributed by atoms with E-state index in [4.69, 9.17) is 0 Å². The Morgan fingerprint density at radius 1 is 1.12 bits per heavy atom. The zero-order valence-corrected chi connectivity index (χ0v) is 14.6. The largest absolute Gasteiger partial charge is 0.326 e. The zero-order valence-electron chi connectivity index (χ0n) is 14.6. The second-order valence-electron chi connectivity index (χ2n) is 8.31. The third-order valence-corrected chi connectivity index (χ3v) is 5.97. The van der Waals surface area contributed by atoms with E-state index >= 15 is 0 Å². The van der Waals surface area contributed by atoms with Crippen molar-refractivity contribution >= 4 is 22.5 Å². The average Bonchev–Trinajstić information content (AvgIpc) is 2.53. The zero-order chi connectivity index (χ0) is 16.7. The maximum absolute atomic E-state index is 13.2. The molecular weight excluding hydrogens is 296 g/mol. The summed E-state index contributed by atoms with van der Waals surface area (Å²) in [6.07, 6.45) is 7.53. The Morgan fingerprint density at radius 3 is 2.62 bits per heavy atom. The molecule has 2 bridgehead atoms. The number of anilines is 1. The van der Waals surface area contributed by atoms with Crippen molar-refractivity contribution < 1.29 is 4.79 Å². The topological polar surface area (TPSA) is 42.0 Å². The molecule has 4 rings (SSSR count). The van der Waals surface area contributed by atoms with Crippen LogP contribution in [0.2, 0.25) is 0 Å². The summed E-state index contributed by atoms with van der Waals surface area (Å²) in [4.78, 5) is 17.5. The number of aromatic nitrogens is 1. The van der Waals surface area contributed by atoms with Crippen LogP contribution in [0.4, 0.5) is 5.69 Å². The fourth-order valence-corrected chi connectivity index (χ4v) is 5.40. The molecule has 0 saturated heterocycles. The molecule has 2 unspecified atom stereocenters. The molecule has 1 aromatic carbocycles. The van der Waals surface area contributed by atoms with Crippen molar-refractivity contribution in [2.45, 2.75) is 46.0 Å². The standard InChI is InChI=1S/C21H26N2O/c1-14-8-16-9-15(2)12-21(11-14,13-16)20(24)23-18-5-6-19-17(10-18)4-3-7-22-19/h3-7,10,14-16H,8-9,11-13H2,1-2H3,(H,23,24). The molecule has 2 atom stereocenters. The van der Waals surface area contributed by atoms with Crippen molar-refractivity contribution in [2.75, 3.05) is 5.32 Å². The fourth-order valence-electron chi connectivity index (χ4n) is 5.40. The lowest BCUT2D eigenvalue weighted by atomic mass is 9.56. The summed E-state index contributed by atoms with van der Waals surface area (Å²) in [5, 5.41) is 4.29. The summed E-state index contributed by atoms with van der Waals surface area (Å²) in [5.41, 5.74) is 1.69. The molecule has 3 nitrogen and oxygen atoms in total. The van der Waals surface area contributed by atoms with Crippen LogP contribution in [-0.2, 0) is 4.79 Å². The van der Waals surface area contributed by atoms with Gasteiger partial charge in [-0.1, -0.05) is 19.9 Å². The van der Waals surface area contributed by atoms with Gasteiger partial charge in [0, 0.05) is 17.3 Å². The summed E-state index contributed by atoms with van der Waals surface area (Å²) in [7, 11) is 0. The first-order valence-corrected chi connectivity index (χ1v) is 9.20. The molecule has 2 saturated carbocycles. The minimum Gasteiger partial charge on any atom is -0.326 e. The lowest BCUT2D eigenvalue weighted by molar-refractivity contribution is -0.133. The van der Waals surface area contributed by atoms with Crippen LogP contribution >= 0.6 is 0 Å². The van der Waals surface area contributed by atoms with E-state index in [0.717, 1.165) is 41.8 Å². The highest BCUT2D eigenvalue weighted by Crippen LogP contribution is 2.53. The highest BCUT2D eigenvalue weighted by molar-refractivity contribution is 5.97. The monoisotopic (exact) mass is 322 g/mol. The predicted octanol–water partition coefficient (Wildman–Crippen LogP) is 5.03. The molecule has 2 aliphatic rings. The number of amides is 1. The smallest absolute Gasteiger partial charge is 0.230 e. The number of nitrogens with one attached hydrogen (secondary N) is 1. The van der Waals surface area contributed by atoms with Gasteiger partial charge in [-0.05, 0) is 74.1 Å². The van der Waals surface area contributed by atoms with Gasteiger partial charge in [0.2, 0.25) is 5.91 Å². The number of pyridine rings is 1. The highest BCUT2D eigenvalue weighted by atomic mass is 16.2. The molecular formula is C21H26N2O. The molecule has 1 aromatic heterocycles. The van der Waals surface area contributed by atoms with Crippen LogP contribution in [-0.4, -0.2) is 10.9 Å². The van der Waals surface area contributed by atoms with Crippen LogP contribution in [0.3, 0.4) is 0 Å². The normalized spacial score (nSPS) is 32.5. The van der Waals surface area contributed by atoms with Crippen LogP contribution in [0.5, 0.6) is 0 Å². The summed E-state index contributed by atoms with van der Waals surface area (Å²) in [6, 6.07) is 9.96. The number of fused-ring (bicyclic) bond motifs is 3. The van der Waals surface area contributed by atoms with Gasteiger partial charge in [-0.15, -0.1) is 0 Å². The molecule has 0 aliphatic heterocycles. The number of hydrogen-bond donors (Lipinski definition) is 1. The molecule has 1 N–H and O–H groups in total. The minimum atomic E-state index is -0.163. The van der Waals surface area contributed by atoms with Crippen LogP contribution in [0, 0.1) is 23.2 Å². The van der Waals surface area contributed by atoms with E-state index in [1.807, 2.05) is 30.3 Å². The van der Waals surface area contributed by atoms with Gasteiger partial charge >= 0.3 is 0 Å². The molecule has 0 spiro atoms. The van der Waals surface area contributed by atoms with Crippen LogP contribution in [0.15, 0.2) is 36.5 Å². The van der Waals surface area contributed by atoms with Crippen molar-refractivity contribution in [1.29, 1.82) is 0 Å². The number of carbonyl (C=O) groups is 1.